The van der Waals surface area contributed by atoms with Crippen molar-refractivity contribution in [2.24, 2.45) is 0 Å². The average Bonchev–Trinajstić information content (AvgIpc) is 3.10. The molecule has 0 saturated carbocycles. The number of morpholine rings is 1. The third kappa shape index (κ3) is 4.47. The van der Waals surface area contributed by atoms with Crippen LogP contribution in [-0.4, -0.2) is 58.0 Å². The van der Waals surface area contributed by atoms with E-state index in [0.29, 0.717) is 25.4 Å². The van der Waals surface area contributed by atoms with Crippen LogP contribution in [0.1, 0.15) is 20.8 Å². The molecule has 1 aromatic heterocycles. The van der Waals surface area contributed by atoms with Gasteiger partial charge in [-0.2, -0.15) is 0 Å². The minimum Gasteiger partial charge on any atom is -0.494 e. The van der Waals surface area contributed by atoms with Gasteiger partial charge in [-0.3, -0.25) is 9.36 Å². The van der Waals surface area contributed by atoms with Crippen molar-refractivity contribution in [3.05, 3.63) is 48.5 Å². The second-order valence-electron chi connectivity index (χ2n) is 7.49. The Hall–Kier alpha value is -2.51. The Morgan fingerprint density at radius 3 is 2.53 bits per heavy atom. The summed E-state index contributed by atoms with van der Waals surface area (Å²) >= 11 is 1.47. The van der Waals surface area contributed by atoms with E-state index in [1.54, 1.807) is 0 Å². The van der Waals surface area contributed by atoms with Crippen LogP contribution >= 0.6 is 11.8 Å². The van der Waals surface area contributed by atoms with Crippen LogP contribution in [0.15, 0.2) is 53.7 Å². The number of carbonyl (C=O) groups is 1. The zero-order valence-electron chi connectivity index (χ0n) is 17.6. The molecule has 0 N–H and O–H groups in total. The molecule has 4 rings (SSSR count). The highest BCUT2D eigenvalue weighted by Gasteiger charge is 2.26. The maximum atomic E-state index is 12.8. The summed E-state index contributed by atoms with van der Waals surface area (Å²) in [5, 5.41) is 0.808. The molecule has 158 valence electrons. The van der Waals surface area contributed by atoms with E-state index in [1.165, 1.54) is 11.8 Å². The zero-order chi connectivity index (χ0) is 21.1. The number of benzene rings is 2. The van der Waals surface area contributed by atoms with Gasteiger partial charge in [0.15, 0.2) is 5.16 Å². The second kappa shape index (κ2) is 9.10. The first-order chi connectivity index (χ1) is 14.5. The lowest BCUT2D eigenvalue weighted by Crippen LogP contribution is -2.48. The van der Waals surface area contributed by atoms with Gasteiger partial charge in [-0.05, 0) is 57.2 Å². The molecule has 3 aromatic rings. The Morgan fingerprint density at radius 1 is 1.13 bits per heavy atom. The van der Waals surface area contributed by atoms with Crippen LogP contribution in [0.2, 0.25) is 0 Å². The van der Waals surface area contributed by atoms with E-state index in [-0.39, 0.29) is 18.1 Å². The van der Waals surface area contributed by atoms with Gasteiger partial charge in [-0.25, -0.2) is 4.98 Å². The summed E-state index contributed by atoms with van der Waals surface area (Å²) in [6.45, 7) is 7.90. The van der Waals surface area contributed by atoms with Crippen molar-refractivity contribution in [1.82, 2.24) is 14.5 Å². The molecule has 1 saturated heterocycles. The predicted molar refractivity (Wildman–Crippen MR) is 120 cm³/mol. The minimum atomic E-state index is 0.0659. The summed E-state index contributed by atoms with van der Waals surface area (Å²) in [7, 11) is 0. The molecule has 0 radical (unpaired) electrons. The molecule has 2 atom stereocenters. The topological polar surface area (TPSA) is 56.6 Å². The molecular formula is C23H27N3O3S. The van der Waals surface area contributed by atoms with Crippen molar-refractivity contribution in [2.45, 2.75) is 38.1 Å². The van der Waals surface area contributed by atoms with Gasteiger partial charge < -0.3 is 14.4 Å². The second-order valence-corrected chi connectivity index (χ2v) is 8.43. The number of aromatic nitrogens is 2. The number of amides is 1. The highest BCUT2D eigenvalue weighted by molar-refractivity contribution is 7.99. The summed E-state index contributed by atoms with van der Waals surface area (Å²) < 4.78 is 13.4. The quantitative estimate of drug-likeness (QED) is 0.555. The van der Waals surface area contributed by atoms with Gasteiger partial charge in [0.1, 0.15) is 5.75 Å². The zero-order valence-corrected chi connectivity index (χ0v) is 18.4. The SMILES string of the molecule is CCOc1ccc(-n2c(SCC(=O)N3C[C@@H](C)O[C@H](C)C3)nc3ccccc32)cc1. The monoisotopic (exact) mass is 425 g/mol. The molecule has 6 nitrogen and oxygen atoms in total. The van der Waals surface area contributed by atoms with Crippen LogP contribution in [0, 0.1) is 0 Å². The van der Waals surface area contributed by atoms with Crippen LogP contribution in [-0.2, 0) is 9.53 Å². The van der Waals surface area contributed by atoms with Gasteiger partial charge in [0, 0.05) is 18.8 Å². The molecular weight excluding hydrogens is 398 g/mol. The van der Waals surface area contributed by atoms with Crippen molar-refractivity contribution >= 4 is 28.7 Å². The number of ether oxygens (including phenoxy) is 2. The van der Waals surface area contributed by atoms with Gasteiger partial charge in [-0.1, -0.05) is 23.9 Å². The van der Waals surface area contributed by atoms with Gasteiger partial charge in [0.25, 0.3) is 0 Å². The smallest absolute Gasteiger partial charge is 0.233 e. The first-order valence-electron chi connectivity index (χ1n) is 10.3. The predicted octanol–water partition coefficient (Wildman–Crippen LogP) is 4.15. The Labute approximate surface area is 181 Å². The maximum absolute atomic E-state index is 12.8. The van der Waals surface area contributed by atoms with Crippen molar-refractivity contribution in [1.29, 1.82) is 0 Å². The Balaban J connectivity index is 1.58. The number of thioether (sulfide) groups is 1. The number of hydrogen-bond acceptors (Lipinski definition) is 5. The van der Waals surface area contributed by atoms with E-state index in [2.05, 4.69) is 10.6 Å². The highest BCUT2D eigenvalue weighted by Crippen LogP contribution is 2.29. The average molecular weight is 426 g/mol. The molecule has 1 amide bonds. The fourth-order valence-electron chi connectivity index (χ4n) is 3.81. The van der Waals surface area contributed by atoms with Crippen molar-refractivity contribution in [3.8, 4) is 11.4 Å². The normalized spacial score (nSPS) is 19.2. The Bertz CT molecular complexity index is 1010. The summed E-state index contributed by atoms with van der Waals surface area (Å²) in [4.78, 5) is 19.5. The van der Waals surface area contributed by atoms with E-state index < -0.39 is 0 Å². The van der Waals surface area contributed by atoms with E-state index >= 15 is 0 Å². The van der Waals surface area contributed by atoms with Crippen LogP contribution in [0.3, 0.4) is 0 Å². The highest BCUT2D eigenvalue weighted by atomic mass is 32.2. The van der Waals surface area contributed by atoms with E-state index in [9.17, 15) is 4.79 Å². The third-order valence-electron chi connectivity index (χ3n) is 5.03. The van der Waals surface area contributed by atoms with E-state index in [0.717, 1.165) is 27.6 Å². The fraction of sp³-hybridized carbons (Fsp3) is 0.391. The summed E-state index contributed by atoms with van der Waals surface area (Å²) in [6, 6.07) is 16.0. The fourth-order valence-corrected chi connectivity index (χ4v) is 4.74. The standard InChI is InChI=1S/C23H27N3O3S/c1-4-28-19-11-9-18(10-12-19)26-21-8-6-5-7-20(21)24-23(26)30-15-22(27)25-13-16(2)29-17(3)14-25/h5-12,16-17H,4,13-15H2,1-3H3/t16-,17-/m1/s1. The molecule has 7 heteroatoms. The third-order valence-corrected chi connectivity index (χ3v) is 5.96. The van der Waals surface area contributed by atoms with E-state index in [4.69, 9.17) is 14.5 Å². The molecule has 2 heterocycles. The molecule has 30 heavy (non-hydrogen) atoms. The molecule has 0 spiro atoms. The molecule has 2 aromatic carbocycles. The van der Waals surface area contributed by atoms with Gasteiger partial charge in [0.2, 0.25) is 5.91 Å². The lowest BCUT2D eigenvalue weighted by Gasteiger charge is -2.35. The lowest BCUT2D eigenvalue weighted by molar-refractivity contribution is -0.140. The van der Waals surface area contributed by atoms with Gasteiger partial charge >= 0.3 is 0 Å². The number of rotatable bonds is 6. The number of fused-ring (bicyclic) bond motifs is 1. The van der Waals surface area contributed by atoms with E-state index in [1.807, 2.05) is 68.1 Å². The molecule has 1 aliphatic rings. The Morgan fingerprint density at radius 2 is 1.83 bits per heavy atom. The number of imidazole rings is 1. The van der Waals surface area contributed by atoms with Gasteiger partial charge in [-0.15, -0.1) is 0 Å². The number of para-hydroxylation sites is 2. The first kappa shape index (κ1) is 20.8. The van der Waals surface area contributed by atoms with Crippen LogP contribution < -0.4 is 4.74 Å². The van der Waals surface area contributed by atoms with Crippen LogP contribution in [0.25, 0.3) is 16.7 Å². The number of nitrogens with zero attached hydrogens (tertiary/aromatic N) is 3. The van der Waals surface area contributed by atoms with Crippen LogP contribution in [0.4, 0.5) is 0 Å². The molecule has 0 aliphatic carbocycles. The number of carbonyl (C=O) groups excluding carboxylic acids is 1. The molecule has 0 unspecified atom stereocenters. The molecule has 0 bridgehead atoms. The van der Waals surface area contributed by atoms with Crippen molar-refractivity contribution < 1.29 is 14.3 Å². The Kier molecular flexibility index (Phi) is 6.29. The van der Waals surface area contributed by atoms with Gasteiger partial charge in [0.05, 0.1) is 35.6 Å². The van der Waals surface area contributed by atoms with Crippen LogP contribution in [0.5, 0.6) is 5.75 Å². The lowest BCUT2D eigenvalue weighted by atomic mass is 10.2. The first-order valence-corrected chi connectivity index (χ1v) is 11.3. The summed E-state index contributed by atoms with van der Waals surface area (Å²) in [5.74, 6) is 1.30. The maximum Gasteiger partial charge on any atom is 0.233 e. The summed E-state index contributed by atoms with van der Waals surface area (Å²) in [5.41, 5.74) is 2.93. The number of hydrogen-bond donors (Lipinski definition) is 0. The largest absolute Gasteiger partial charge is 0.494 e. The minimum absolute atomic E-state index is 0.0659. The summed E-state index contributed by atoms with van der Waals surface area (Å²) in [6.07, 6.45) is 0.132. The van der Waals surface area contributed by atoms with Crippen molar-refractivity contribution in [2.75, 3.05) is 25.4 Å². The van der Waals surface area contributed by atoms with Crippen molar-refractivity contribution in [3.63, 3.8) is 0 Å². The molecule has 1 aliphatic heterocycles. The molecule has 1 fully saturated rings.